The van der Waals surface area contributed by atoms with Gasteiger partial charge >= 0.3 is 0 Å². The molecular weight excluding hydrogens is 160 g/mol. The highest BCUT2D eigenvalue weighted by molar-refractivity contribution is 5.27. The summed E-state index contributed by atoms with van der Waals surface area (Å²) in [5.41, 5.74) is 1.17. The molecule has 0 unspecified atom stereocenters. The SMILES string of the molecule is [CH2]CC=CCCc1cccc(O)c1. The minimum Gasteiger partial charge on any atom is -0.508 e. The van der Waals surface area contributed by atoms with Crippen LogP contribution in [0.3, 0.4) is 0 Å². The van der Waals surface area contributed by atoms with E-state index in [1.807, 2.05) is 12.1 Å². The van der Waals surface area contributed by atoms with Gasteiger partial charge in [0.25, 0.3) is 0 Å². The van der Waals surface area contributed by atoms with Gasteiger partial charge in [-0.25, -0.2) is 0 Å². The molecule has 0 aliphatic carbocycles. The topological polar surface area (TPSA) is 20.2 Å². The van der Waals surface area contributed by atoms with Crippen LogP contribution in [0.15, 0.2) is 36.4 Å². The van der Waals surface area contributed by atoms with Crippen LogP contribution < -0.4 is 0 Å². The summed E-state index contributed by atoms with van der Waals surface area (Å²) >= 11 is 0. The van der Waals surface area contributed by atoms with Crippen molar-refractivity contribution in [1.29, 1.82) is 0 Å². The Labute approximate surface area is 79.7 Å². The van der Waals surface area contributed by atoms with Crippen LogP contribution in [-0.2, 0) is 6.42 Å². The van der Waals surface area contributed by atoms with Gasteiger partial charge < -0.3 is 5.11 Å². The first kappa shape index (κ1) is 9.85. The Morgan fingerprint density at radius 2 is 2.15 bits per heavy atom. The summed E-state index contributed by atoms with van der Waals surface area (Å²) in [5, 5.41) is 9.19. The van der Waals surface area contributed by atoms with Gasteiger partial charge in [-0.15, -0.1) is 0 Å². The number of aryl methyl sites for hydroxylation is 1. The maximum Gasteiger partial charge on any atom is 0.115 e. The standard InChI is InChI=1S/C12H15O/c1-2-3-4-5-7-11-8-6-9-12(13)10-11/h3-4,6,8-10,13H,1-2,5,7H2. The molecule has 0 spiro atoms. The van der Waals surface area contributed by atoms with Gasteiger partial charge in [-0.1, -0.05) is 24.3 Å². The molecule has 1 aromatic carbocycles. The Morgan fingerprint density at radius 1 is 1.31 bits per heavy atom. The average molecular weight is 175 g/mol. The Morgan fingerprint density at radius 3 is 2.85 bits per heavy atom. The Kier molecular flexibility index (Phi) is 4.10. The number of allylic oxidation sites excluding steroid dienone is 2. The van der Waals surface area contributed by atoms with Crippen LogP contribution in [0.2, 0.25) is 0 Å². The lowest BCUT2D eigenvalue weighted by Gasteiger charge is -1.98. The lowest BCUT2D eigenvalue weighted by molar-refractivity contribution is 0.474. The second kappa shape index (κ2) is 5.41. The number of phenolic OH excluding ortho intramolecular Hbond substituents is 1. The number of hydrogen-bond donors (Lipinski definition) is 1. The maximum atomic E-state index is 9.19. The first-order chi connectivity index (χ1) is 6.33. The van der Waals surface area contributed by atoms with Gasteiger partial charge in [0.15, 0.2) is 0 Å². The van der Waals surface area contributed by atoms with Gasteiger partial charge in [-0.3, -0.25) is 0 Å². The number of benzene rings is 1. The fourth-order valence-electron chi connectivity index (χ4n) is 1.20. The molecule has 0 saturated heterocycles. The van der Waals surface area contributed by atoms with Crippen molar-refractivity contribution >= 4 is 0 Å². The number of phenols is 1. The van der Waals surface area contributed by atoms with E-state index < -0.39 is 0 Å². The first-order valence-electron chi connectivity index (χ1n) is 4.55. The lowest BCUT2D eigenvalue weighted by Crippen LogP contribution is -1.81. The molecule has 1 rings (SSSR count). The zero-order valence-corrected chi connectivity index (χ0v) is 7.74. The van der Waals surface area contributed by atoms with E-state index in [1.165, 1.54) is 5.56 Å². The number of rotatable bonds is 4. The summed E-state index contributed by atoms with van der Waals surface area (Å²) in [4.78, 5) is 0. The fraction of sp³-hybridized carbons (Fsp3) is 0.250. The van der Waals surface area contributed by atoms with E-state index in [2.05, 4.69) is 19.1 Å². The predicted octanol–water partition coefficient (Wildman–Crippen LogP) is 3.11. The Hall–Kier alpha value is -1.24. The van der Waals surface area contributed by atoms with Gasteiger partial charge in [0.05, 0.1) is 0 Å². The summed E-state index contributed by atoms with van der Waals surface area (Å²) in [6, 6.07) is 7.39. The molecule has 0 amide bonds. The van der Waals surface area contributed by atoms with E-state index in [0.717, 1.165) is 19.3 Å². The molecule has 13 heavy (non-hydrogen) atoms. The third kappa shape index (κ3) is 3.79. The van der Waals surface area contributed by atoms with Crippen LogP contribution in [0.1, 0.15) is 18.4 Å². The third-order valence-electron chi connectivity index (χ3n) is 1.84. The molecule has 1 heteroatoms. The summed E-state index contributed by atoms with van der Waals surface area (Å²) in [6.07, 6.45) is 7.02. The van der Waals surface area contributed by atoms with E-state index in [4.69, 9.17) is 0 Å². The molecule has 0 saturated carbocycles. The van der Waals surface area contributed by atoms with Crippen LogP contribution in [-0.4, -0.2) is 5.11 Å². The van der Waals surface area contributed by atoms with Crippen LogP contribution in [0.5, 0.6) is 5.75 Å². The molecular formula is C12H15O. The lowest BCUT2D eigenvalue weighted by atomic mass is 10.1. The van der Waals surface area contributed by atoms with E-state index in [-0.39, 0.29) is 0 Å². The van der Waals surface area contributed by atoms with Gasteiger partial charge in [-0.2, -0.15) is 0 Å². The molecule has 1 nitrogen and oxygen atoms in total. The summed E-state index contributed by atoms with van der Waals surface area (Å²) in [7, 11) is 0. The molecule has 0 aromatic heterocycles. The van der Waals surface area contributed by atoms with Crippen LogP contribution in [0.25, 0.3) is 0 Å². The second-order valence-electron chi connectivity index (χ2n) is 2.97. The van der Waals surface area contributed by atoms with Crippen molar-refractivity contribution in [2.75, 3.05) is 0 Å². The van der Waals surface area contributed by atoms with Gasteiger partial charge in [0.2, 0.25) is 0 Å². The highest BCUT2D eigenvalue weighted by atomic mass is 16.3. The number of hydrogen-bond acceptors (Lipinski definition) is 1. The van der Waals surface area contributed by atoms with Gasteiger partial charge in [0, 0.05) is 0 Å². The van der Waals surface area contributed by atoms with Gasteiger partial charge in [-0.05, 0) is 43.9 Å². The average Bonchev–Trinajstić information content (AvgIpc) is 2.13. The molecule has 0 atom stereocenters. The Bertz CT molecular complexity index is 276. The maximum absolute atomic E-state index is 9.19. The largest absolute Gasteiger partial charge is 0.508 e. The number of aromatic hydroxyl groups is 1. The normalized spacial score (nSPS) is 10.8. The quantitative estimate of drug-likeness (QED) is 0.697. The molecule has 0 aliphatic heterocycles. The molecule has 0 bridgehead atoms. The molecule has 1 radical (unpaired) electrons. The zero-order valence-electron chi connectivity index (χ0n) is 7.74. The second-order valence-corrected chi connectivity index (χ2v) is 2.97. The van der Waals surface area contributed by atoms with Crippen molar-refractivity contribution in [2.24, 2.45) is 0 Å². The zero-order chi connectivity index (χ0) is 9.52. The molecule has 1 aromatic rings. The van der Waals surface area contributed by atoms with Crippen molar-refractivity contribution < 1.29 is 5.11 Å². The minimum absolute atomic E-state index is 0.346. The van der Waals surface area contributed by atoms with Crippen LogP contribution >= 0.6 is 0 Å². The minimum atomic E-state index is 0.346. The highest BCUT2D eigenvalue weighted by Gasteiger charge is 1.91. The molecule has 69 valence electrons. The predicted molar refractivity (Wildman–Crippen MR) is 55.5 cm³/mol. The van der Waals surface area contributed by atoms with Crippen molar-refractivity contribution in [3.8, 4) is 5.75 Å². The van der Waals surface area contributed by atoms with E-state index in [9.17, 15) is 5.11 Å². The van der Waals surface area contributed by atoms with E-state index >= 15 is 0 Å². The highest BCUT2D eigenvalue weighted by Crippen LogP contribution is 2.12. The first-order valence-corrected chi connectivity index (χ1v) is 4.55. The fourth-order valence-corrected chi connectivity index (χ4v) is 1.20. The van der Waals surface area contributed by atoms with Crippen LogP contribution in [0.4, 0.5) is 0 Å². The third-order valence-corrected chi connectivity index (χ3v) is 1.84. The Balaban J connectivity index is 2.41. The summed E-state index contributed by atoms with van der Waals surface area (Å²) < 4.78 is 0. The molecule has 0 heterocycles. The van der Waals surface area contributed by atoms with Crippen molar-refractivity contribution in [1.82, 2.24) is 0 Å². The summed E-state index contributed by atoms with van der Waals surface area (Å²) in [6.45, 7) is 3.72. The summed E-state index contributed by atoms with van der Waals surface area (Å²) in [5.74, 6) is 0.346. The van der Waals surface area contributed by atoms with Crippen molar-refractivity contribution in [2.45, 2.75) is 19.3 Å². The van der Waals surface area contributed by atoms with Crippen molar-refractivity contribution in [3.63, 3.8) is 0 Å². The molecule has 1 N–H and O–H groups in total. The smallest absolute Gasteiger partial charge is 0.115 e. The molecule has 0 aliphatic rings. The van der Waals surface area contributed by atoms with Gasteiger partial charge in [0.1, 0.15) is 5.75 Å². The van der Waals surface area contributed by atoms with Crippen LogP contribution in [0, 0.1) is 6.92 Å². The van der Waals surface area contributed by atoms with E-state index in [0.29, 0.717) is 5.75 Å². The monoisotopic (exact) mass is 175 g/mol. The van der Waals surface area contributed by atoms with E-state index in [1.54, 1.807) is 12.1 Å². The molecule has 0 fully saturated rings. The van der Waals surface area contributed by atoms with Crippen molar-refractivity contribution in [3.05, 3.63) is 48.9 Å².